The third kappa shape index (κ3) is 7.20. The molecule has 22 heavy (non-hydrogen) atoms. The summed E-state index contributed by atoms with van der Waals surface area (Å²) in [4.78, 5) is 0. The van der Waals surface area contributed by atoms with Crippen LogP contribution >= 0.6 is 0 Å². The van der Waals surface area contributed by atoms with Crippen LogP contribution in [0.4, 0.5) is 5.69 Å². The Balaban J connectivity index is 2.14. The summed E-state index contributed by atoms with van der Waals surface area (Å²) in [5.41, 5.74) is 3.15. The van der Waals surface area contributed by atoms with Crippen LogP contribution in [0.5, 0.6) is 5.75 Å². The minimum absolute atomic E-state index is 0.434. The first kappa shape index (κ1) is 18.9. The second-order valence-corrected chi connectivity index (χ2v) is 6.50. The summed E-state index contributed by atoms with van der Waals surface area (Å²) in [6, 6.07) is 4.11. The lowest BCUT2D eigenvalue weighted by atomic mass is 10.0. The van der Waals surface area contributed by atoms with Crippen molar-refractivity contribution in [2.75, 3.05) is 12.4 Å². The van der Waals surface area contributed by atoms with Crippen LogP contribution < -0.4 is 5.32 Å². The number of rotatable bonds is 12. The second kappa shape index (κ2) is 11.4. The highest BCUT2D eigenvalue weighted by Crippen LogP contribution is 2.30. The molecule has 0 saturated carbocycles. The van der Waals surface area contributed by atoms with Gasteiger partial charge < -0.3 is 10.4 Å². The van der Waals surface area contributed by atoms with Gasteiger partial charge in [0.2, 0.25) is 0 Å². The maximum absolute atomic E-state index is 10.2. The molecule has 0 amide bonds. The Bertz CT molecular complexity index is 414. The van der Waals surface area contributed by atoms with E-state index in [9.17, 15) is 5.11 Å². The van der Waals surface area contributed by atoms with Gasteiger partial charge in [-0.05, 0) is 37.0 Å². The van der Waals surface area contributed by atoms with Crippen molar-refractivity contribution in [2.45, 2.75) is 84.5 Å². The fourth-order valence-corrected chi connectivity index (χ4v) is 3.04. The topological polar surface area (TPSA) is 32.3 Å². The van der Waals surface area contributed by atoms with Crippen LogP contribution in [0.25, 0.3) is 0 Å². The fraction of sp³-hybridized carbons (Fsp3) is 0.700. The molecule has 0 aromatic heterocycles. The molecular formula is C20H35NO. The Morgan fingerprint density at radius 2 is 1.41 bits per heavy atom. The van der Waals surface area contributed by atoms with Gasteiger partial charge in [-0.3, -0.25) is 0 Å². The van der Waals surface area contributed by atoms with Crippen molar-refractivity contribution >= 4 is 5.69 Å². The maximum Gasteiger partial charge on any atom is 0.141 e. The molecule has 0 aliphatic heterocycles. The van der Waals surface area contributed by atoms with Gasteiger partial charge in [-0.1, -0.05) is 70.8 Å². The Kier molecular flexibility index (Phi) is 9.77. The third-order valence-electron chi connectivity index (χ3n) is 4.40. The number of benzene rings is 1. The van der Waals surface area contributed by atoms with E-state index in [2.05, 4.69) is 25.2 Å². The van der Waals surface area contributed by atoms with Gasteiger partial charge in [0.15, 0.2) is 0 Å². The molecule has 0 atom stereocenters. The molecule has 0 saturated heterocycles. The van der Waals surface area contributed by atoms with Crippen LogP contribution in [0.1, 0.15) is 82.3 Å². The molecule has 126 valence electrons. The summed E-state index contributed by atoms with van der Waals surface area (Å²) in [5.74, 6) is 0.434. The summed E-state index contributed by atoms with van der Waals surface area (Å²) in [6.45, 7) is 4.36. The van der Waals surface area contributed by atoms with E-state index in [4.69, 9.17) is 0 Å². The van der Waals surface area contributed by atoms with Crippen molar-refractivity contribution in [3.8, 4) is 5.75 Å². The van der Waals surface area contributed by atoms with Gasteiger partial charge in [0.25, 0.3) is 0 Å². The first-order chi connectivity index (χ1) is 10.7. The van der Waals surface area contributed by atoms with Gasteiger partial charge in [-0.2, -0.15) is 0 Å². The molecule has 0 radical (unpaired) electrons. The normalized spacial score (nSPS) is 10.9. The number of anilines is 1. The highest BCUT2D eigenvalue weighted by Gasteiger charge is 2.07. The van der Waals surface area contributed by atoms with Crippen molar-refractivity contribution in [2.24, 2.45) is 0 Å². The van der Waals surface area contributed by atoms with Crippen LogP contribution in [0, 0.1) is 6.92 Å². The molecule has 0 spiro atoms. The van der Waals surface area contributed by atoms with E-state index < -0.39 is 0 Å². The minimum Gasteiger partial charge on any atom is -0.505 e. The SMILES string of the molecule is CCCCCCCCCCCCc1cc(C)cc(NC)c1O. The number of nitrogens with one attached hydrogen (secondary N) is 1. The highest BCUT2D eigenvalue weighted by atomic mass is 16.3. The zero-order valence-electron chi connectivity index (χ0n) is 14.9. The standard InChI is InChI=1S/C20H35NO/c1-4-5-6-7-8-9-10-11-12-13-14-18-15-17(2)16-19(21-3)20(18)22/h15-16,21-22H,4-14H2,1-3H3. The van der Waals surface area contributed by atoms with Crippen molar-refractivity contribution in [3.05, 3.63) is 23.3 Å². The molecule has 2 heteroatoms. The van der Waals surface area contributed by atoms with E-state index in [1.807, 2.05) is 13.1 Å². The molecule has 0 heterocycles. The van der Waals surface area contributed by atoms with E-state index in [-0.39, 0.29) is 0 Å². The molecule has 0 bridgehead atoms. The number of unbranched alkanes of at least 4 members (excludes halogenated alkanes) is 9. The number of phenols is 1. The summed E-state index contributed by atoms with van der Waals surface area (Å²) < 4.78 is 0. The average Bonchev–Trinajstić information content (AvgIpc) is 2.52. The van der Waals surface area contributed by atoms with Gasteiger partial charge in [0, 0.05) is 7.05 Å². The Hall–Kier alpha value is -1.18. The molecule has 0 aliphatic carbocycles. The summed E-state index contributed by atoms with van der Waals surface area (Å²) >= 11 is 0. The Morgan fingerprint density at radius 1 is 0.864 bits per heavy atom. The molecule has 0 aliphatic rings. The lowest BCUT2D eigenvalue weighted by molar-refractivity contribution is 0.468. The minimum atomic E-state index is 0.434. The molecule has 2 N–H and O–H groups in total. The zero-order chi connectivity index (χ0) is 16.2. The highest BCUT2D eigenvalue weighted by molar-refractivity contribution is 5.60. The van der Waals surface area contributed by atoms with Gasteiger partial charge in [0.1, 0.15) is 5.75 Å². The van der Waals surface area contributed by atoms with Crippen molar-refractivity contribution in [1.29, 1.82) is 0 Å². The number of aryl methyl sites for hydroxylation is 2. The van der Waals surface area contributed by atoms with Gasteiger partial charge in [-0.15, -0.1) is 0 Å². The van der Waals surface area contributed by atoms with Crippen molar-refractivity contribution in [1.82, 2.24) is 0 Å². The lowest BCUT2D eigenvalue weighted by Crippen LogP contribution is -1.95. The monoisotopic (exact) mass is 305 g/mol. The molecule has 1 rings (SSSR count). The number of aromatic hydroxyl groups is 1. The third-order valence-corrected chi connectivity index (χ3v) is 4.40. The van der Waals surface area contributed by atoms with Crippen LogP contribution in [-0.4, -0.2) is 12.2 Å². The molecule has 0 unspecified atom stereocenters. The van der Waals surface area contributed by atoms with E-state index in [0.717, 1.165) is 17.7 Å². The van der Waals surface area contributed by atoms with Crippen molar-refractivity contribution < 1.29 is 5.11 Å². The van der Waals surface area contributed by atoms with Crippen LogP contribution in [0.3, 0.4) is 0 Å². The summed E-state index contributed by atoms with van der Waals surface area (Å²) in [7, 11) is 1.86. The van der Waals surface area contributed by atoms with E-state index in [1.165, 1.54) is 69.8 Å². The molecule has 0 fully saturated rings. The largest absolute Gasteiger partial charge is 0.505 e. The number of hydrogen-bond donors (Lipinski definition) is 2. The lowest BCUT2D eigenvalue weighted by Gasteiger charge is -2.11. The van der Waals surface area contributed by atoms with Gasteiger partial charge >= 0.3 is 0 Å². The number of phenolic OH excluding ortho intramolecular Hbond substituents is 1. The Labute approximate surface area is 137 Å². The molecular weight excluding hydrogens is 270 g/mol. The quantitative estimate of drug-likeness (QED) is 0.355. The number of hydrogen-bond acceptors (Lipinski definition) is 2. The predicted molar refractivity (Wildman–Crippen MR) is 97.9 cm³/mol. The van der Waals surface area contributed by atoms with E-state index >= 15 is 0 Å². The van der Waals surface area contributed by atoms with Gasteiger partial charge in [0.05, 0.1) is 5.69 Å². The molecule has 1 aromatic carbocycles. The molecule has 2 nitrogen and oxygen atoms in total. The predicted octanol–water partition coefficient (Wildman–Crippen LogP) is 6.21. The first-order valence-corrected chi connectivity index (χ1v) is 9.19. The first-order valence-electron chi connectivity index (χ1n) is 9.19. The second-order valence-electron chi connectivity index (χ2n) is 6.50. The molecule has 1 aromatic rings. The average molecular weight is 306 g/mol. The van der Waals surface area contributed by atoms with Crippen LogP contribution in [0.2, 0.25) is 0 Å². The van der Waals surface area contributed by atoms with Gasteiger partial charge in [-0.25, -0.2) is 0 Å². The van der Waals surface area contributed by atoms with E-state index in [1.54, 1.807) is 0 Å². The Morgan fingerprint density at radius 3 is 1.95 bits per heavy atom. The fourth-order valence-electron chi connectivity index (χ4n) is 3.04. The maximum atomic E-state index is 10.2. The van der Waals surface area contributed by atoms with Crippen LogP contribution in [0.15, 0.2) is 12.1 Å². The summed E-state index contributed by atoms with van der Waals surface area (Å²) in [5, 5.41) is 13.3. The van der Waals surface area contributed by atoms with Crippen molar-refractivity contribution in [3.63, 3.8) is 0 Å². The van der Waals surface area contributed by atoms with E-state index in [0.29, 0.717) is 5.75 Å². The smallest absolute Gasteiger partial charge is 0.141 e. The zero-order valence-corrected chi connectivity index (χ0v) is 14.9. The summed E-state index contributed by atoms with van der Waals surface area (Å²) in [6.07, 6.45) is 14.5. The van der Waals surface area contributed by atoms with Crippen LogP contribution in [-0.2, 0) is 6.42 Å².